The van der Waals surface area contributed by atoms with Crippen LogP contribution in [0.2, 0.25) is 0 Å². The number of pyridine rings is 1. The highest BCUT2D eigenvalue weighted by atomic mass is 16.5. The highest BCUT2D eigenvalue weighted by molar-refractivity contribution is 5.90. The van der Waals surface area contributed by atoms with Gasteiger partial charge in [-0.1, -0.05) is 19.9 Å². The van der Waals surface area contributed by atoms with E-state index in [1.807, 2.05) is 38.1 Å². The highest BCUT2D eigenvalue weighted by Gasteiger charge is 2.22. The number of rotatable bonds is 6. The summed E-state index contributed by atoms with van der Waals surface area (Å²) in [5.41, 5.74) is 9.70. The van der Waals surface area contributed by atoms with E-state index >= 15 is 0 Å². The summed E-state index contributed by atoms with van der Waals surface area (Å²) < 4.78 is 5.89. The summed E-state index contributed by atoms with van der Waals surface area (Å²) in [6.07, 6.45) is 2.58. The van der Waals surface area contributed by atoms with E-state index in [-0.39, 0.29) is 0 Å². The minimum atomic E-state index is -0.441. The van der Waals surface area contributed by atoms with Crippen molar-refractivity contribution in [1.29, 1.82) is 5.26 Å². The smallest absolute Gasteiger partial charge is 0.157 e. The van der Waals surface area contributed by atoms with E-state index in [4.69, 9.17) is 10.5 Å². The first kappa shape index (κ1) is 18.9. The molecule has 0 saturated heterocycles. The Hall–Kier alpha value is -2.91. The Morgan fingerprint density at radius 3 is 2.81 bits per heavy atom. The molecule has 6 nitrogen and oxygen atoms in total. The lowest BCUT2D eigenvalue weighted by Gasteiger charge is -2.26. The van der Waals surface area contributed by atoms with Gasteiger partial charge in [-0.05, 0) is 49.9 Å². The van der Waals surface area contributed by atoms with Gasteiger partial charge in [0.2, 0.25) is 0 Å². The van der Waals surface area contributed by atoms with Crippen LogP contribution in [0.25, 0.3) is 22.3 Å². The number of aromatic nitrogens is 3. The monoisotopic (exact) mass is 363 g/mol. The molecule has 1 atom stereocenters. The lowest BCUT2D eigenvalue weighted by molar-refractivity contribution is 0.206. The zero-order valence-electron chi connectivity index (χ0n) is 16.2. The van der Waals surface area contributed by atoms with Gasteiger partial charge < -0.3 is 15.5 Å². The summed E-state index contributed by atoms with van der Waals surface area (Å²) >= 11 is 0. The maximum Gasteiger partial charge on any atom is 0.157 e. The van der Waals surface area contributed by atoms with E-state index in [0.717, 1.165) is 34.5 Å². The molecular formula is C21H25N5O. The molecule has 27 heavy (non-hydrogen) atoms. The van der Waals surface area contributed by atoms with E-state index in [9.17, 15) is 5.26 Å². The average Bonchev–Trinajstić information content (AvgIpc) is 2.99. The highest BCUT2D eigenvalue weighted by Crippen LogP contribution is 2.30. The Bertz CT molecular complexity index is 997. The van der Waals surface area contributed by atoms with Crippen molar-refractivity contribution in [2.24, 2.45) is 11.7 Å². The van der Waals surface area contributed by atoms with Gasteiger partial charge in [-0.3, -0.25) is 0 Å². The van der Waals surface area contributed by atoms with Crippen LogP contribution >= 0.6 is 0 Å². The second kappa shape index (κ2) is 7.37. The minimum Gasteiger partial charge on any atom is -0.490 e. The predicted molar refractivity (Wildman–Crippen MR) is 106 cm³/mol. The molecule has 3 rings (SSSR count). The van der Waals surface area contributed by atoms with Crippen LogP contribution in [-0.2, 0) is 0 Å². The first-order valence-electron chi connectivity index (χ1n) is 9.06. The average molecular weight is 363 g/mol. The molecule has 3 aromatic rings. The van der Waals surface area contributed by atoms with Crippen molar-refractivity contribution >= 4 is 11.2 Å². The molecule has 2 heterocycles. The Balaban J connectivity index is 1.89. The number of nitrogens with zero attached hydrogens (tertiary/aromatic N) is 3. The van der Waals surface area contributed by atoms with Gasteiger partial charge in [0.15, 0.2) is 5.65 Å². The molecule has 0 fully saturated rings. The van der Waals surface area contributed by atoms with Crippen molar-refractivity contribution in [1.82, 2.24) is 15.0 Å². The van der Waals surface area contributed by atoms with Gasteiger partial charge in [-0.2, -0.15) is 5.26 Å². The molecule has 6 heteroatoms. The molecular weight excluding hydrogens is 338 g/mol. The quantitative estimate of drug-likeness (QED) is 0.690. The third-order valence-corrected chi connectivity index (χ3v) is 4.35. The third-order valence-electron chi connectivity index (χ3n) is 4.35. The number of H-pyrrole nitrogens is 1. The summed E-state index contributed by atoms with van der Waals surface area (Å²) in [7, 11) is 0. The molecule has 0 aliphatic carbocycles. The number of nitriles is 1. The van der Waals surface area contributed by atoms with E-state index in [0.29, 0.717) is 23.8 Å². The number of aromatic amines is 1. The van der Waals surface area contributed by atoms with Crippen molar-refractivity contribution in [2.75, 3.05) is 6.61 Å². The topological polar surface area (TPSA) is 101 Å². The SMILES string of the molecule is Cc1nc2c(-c3ccc(OCC(C)(N)CC(C)C)c(C#N)c3)ccnc2[nH]1. The molecule has 140 valence electrons. The summed E-state index contributed by atoms with van der Waals surface area (Å²) in [6.45, 7) is 8.49. The molecule has 0 spiro atoms. The molecule has 1 unspecified atom stereocenters. The molecule has 0 amide bonds. The van der Waals surface area contributed by atoms with Gasteiger partial charge in [0, 0.05) is 17.3 Å². The number of nitrogens with one attached hydrogen (secondary N) is 1. The third kappa shape index (κ3) is 4.26. The molecule has 3 N–H and O–H groups in total. The molecule has 0 saturated carbocycles. The van der Waals surface area contributed by atoms with Gasteiger partial charge in [-0.25, -0.2) is 9.97 Å². The molecule has 0 bridgehead atoms. The van der Waals surface area contributed by atoms with Crippen LogP contribution in [0, 0.1) is 24.2 Å². The van der Waals surface area contributed by atoms with Crippen LogP contribution in [-0.4, -0.2) is 27.1 Å². The second-order valence-corrected chi connectivity index (χ2v) is 7.74. The van der Waals surface area contributed by atoms with E-state index in [2.05, 4.69) is 34.9 Å². The first-order valence-corrected chi connectivity index (χ1v) is 9.06. The number of imidazole rings is 1. The second-order valence-electron chi connectivity index (χ2n) is 7.74. The summed E-state index contributed by atoms with van der Waals surface area (Å²) in [5, 5.41) is 9.59. The zero-order valence-corrected chi connectivity index (χ0v) is 16.2. The summed E-state index contributed by atoms with van der Waals surface area (Å²) in [5.74, 6) is 1.83. The summed E-state index contributed by atoms with van der Waals surface area (Å²) in [4.78, 5) is 12.0. The largest absolute Gasteiger partial charge is 0.490 e. The number of ether oxygens (including phenoxy) is 1. The van der Waals surface area contributed by atoms with E-state index < -0.39 is 5.54 Å². The van der Waals surface area contributed by atoms with E-state index in [1.54, 1.807) is 6.20 Å². The molecule has 0 radical (unpaired) electrons. The first-order chi connectivity index (χ1) is 12.8. The van der Waals surface area contributed by atoms with Crippen molar-refractivity contribution in [3.05, 3.63) is 41.9 Å². The Morgan fingerprint density at radius 1 is 1.33 bits per heavy atom. The predicted octanol–water partition coefficient (Wildman–Crippen LogP) is 3.95. The summed E-state index contributed by atoms with van der Waals surface area (Å²) in [6, 6.07) is 9.71. The number of hydrogen-bond acceptors (Lipinski definition) is 5. The van der Waals surface area contributed by atoms with Crippen LogP contribution in [0.1, 0.15) is 38.6 Å². The van der Waals surface area contributed by atoms with Crippen LogP contribution in [0.15, 0.2) is 30.5 Å². The molecule has 0 aliphatic rings. The normalized spacial score (nSPS) is 13.5. The number of hydrogen-bond donors (Lipinski definition) is 2. The maximum atomic E-state index is 9.59. The number of aryl methyl sites for hydroxylation is 1. The van der Waals surface area contributed by atoms with Gasteiger partial charge >= 0.3 is 0 Å². The van der Waals surface area contributed by atoms with Gasteiger partial charge in [0.1, 0.15) is 29.8 Å². The van der Waals surface area contributed by atoms with Crippen LogP contribution in [0.4, 0.5) is 0 Å². The van der Waals surface area contributed by atoms with Gasteiger partial charge in [-0.15, -0.1) is 0 Å². The van der Waals surface area contributed by atoms with Crippen LogP contribution in [0.5, 0.6) is 5.75 Å². The standard InChI is InChI=1S/C21H25N5O/c1-13(2)10-21(4,23)12-27-18-6-5-15(9-16(18)11-22)17-7-8-24-20-19(17)25-14(3)26-20/h5-9,13H,10,12,23H2,1-4H3,(H,24,25,26). The van der Waals surface area contributed by atoms with Gasteiger partial charge in [0.05, 0.1) is 5.56 Å². The van der Waals surface area contributed by atoms with Crippen molar-refractivity contribution in [3.8, 4) is 22.9 Å². The Labute approximate surface area is 159 Å². The van der Waals surface area contributed by atoms with Gasteiger partial charge in [0.25, 0.3) is 0 Å². The van der Waals surface area contributed by atoms with Crippen molar-refractivity contribution in [2.45, 2.75) is 39.7 Å². The van der Waals surface area contributed by atoms with Crippen molar-refractivity contribution < 1.29 is 4.74 Å². The maximum absolute atomic E-state index is 9.59. The van der Waals surface area contributed by atoms with Crippen LogP contribution < -0.4 is 10.5 Å². The minimum absolute atomic E-state index is 0.358. The van der Waals surface area contributed by atoms with E-state index in [1.165, 1.54) is 0 Å². The Kier molecular flexibility index (Phi) is 5.15. The molecule has 0 aliphatic heterocycles. The molecule has 1 aromatic carbocycles. The lowest BCUT2D eigenvalue weighted by Crippen LogP contribution is -2.43. The Morgan fingerprint density at radius 2 is 2.11 bits per heavy atom. The van der Waals surface area contributed by atoms with Crippen molar-refractivity contribution in [3.63, 3.8) is 0 Å². The van der Waals surface area contributed by atoms with Crippen LogP contribution in [0.3, 0.4) is 0 Å². The fourth-order valence-corrected chi connectivity index (χ4v) is 3.40. The lowest BCUT2D eigenvalue weighted by atomic mass is 9.93. The number of benzene rings is 1. The molecule has 2 aromatic heterocycles. The number of nitrogens with two attached hydrogens (primary N) is 1. The number of fused-ring (bicyclic) bond motifs is 1. The zero-order chi connectivity index (χ0) is 19.6. The fourth-order valence-electron chi connectivity index (χ4n) is 3.40. The fraction of sp³-hybridized carbons (Fsp3) is 0.381.